The van der Waals surface area contributed by atoms with Gasteiger partial charge < -0.3 is 20.3 Å². The van der Waals surface area contributed by atoms with Gasteiger partial charge in [-0.25, -0.2) is 4.39 Å². The summed E-state index contributed by atoms with van der Waals surface area (Å²) in [6.07, 6.45) is 0.451. The summed E-state index contributed by atoms with van der Waals surface area (Å²) in [6, 6.07) is 12.4. The third-order valence-electron chi connectivity index (χ3n) is 6.61. The monoisotopic (exact) mass is 459 g/mol. The lowest BCUT2D eigenvalue weighted by atomic mass is 9.93. The van der Waals surface area contributed by atoms with E-state index in [0.29, 0.717) is 49.9 Å². The number of benzene rings is 2. The molecule has 2 saturated heterocycles. The number of ether oxygens (including phenoxy) is 1. The minimum Gasteiger partial charge on any atom is -0.373 e. The average molecular weight is 460 g/mol. The predicted molar refractivity (Wildman–Crippen MR) is 125 cm³/mol. The van der Waals surface area contributed by atoms with Crippen LogP contribution in [0, 0.1) is 17.7 Å². The van der Waals surface area contributed by atoms with E-state index < -0.39 is 0 Å². The number of anilines is 1. The Morgan fingerprint density at radius 1 is 1.12 bits per heavy atom. The quantitative estimate of drug-likeness (QED) is 0.712. The molecule has 2 aliphatic heterocycles. The molecule has 32 heavy (non-hydrogen) atoms. The van der Waals surface area contributed by atoms with Crippen molar-refractivity contribution >= 4 is 23.2 Å². The third kappa shape index (κ3) is 4.63. The van der Waals surface area contributed by atoms with Crippen molar-refractivity contribution in [3.8, 4) is 0 Å². The number of carbonyl (C=O) groups is 1. The number of para-hydroxylation sites is 1. The van der Waals surface area contributed by atoms with Gasteiger partial charge in [0.1, 0.15) is 5.82 Å². The molecular weight excluding hydrogens is 429 g/mol. The number of nitrogens with two attached hydrogens (primary N) is 1. The number of amides is 1. The average Bonchev–Trinajstić information content (AvgIpc) is 3.28. The fourth-order valence-corrected chi connectivity index (χ4v) is 4.83. The lowest BCUT2D eigenvalue weighted by molar-refractivity contribution is -0.137. The predicted octanol–water partition coefficient (Wildman–Crippen LogP) is 4.56. The first-order chi connectivity index (χ1) is 15.4. The van der Waals surface area contributed by atoms with E-state index in [1.165, 1.54) is 6.07 Å². The molecule has 0 spiro atoms. The fourth-order valence-electron chi connectivity index (χ4n) is 4.70. The Labute approximate surface area is 194 Å². The van der Waals surface area contributed by atoms with Crippen molar-refractivity contribution < 1.29 is 13.9 Å². The minimum atomic E-state index is -0.259. The first-order valence-corrected chi connectivity index (χ1v) is 11.7. The summed E-state index contributed by atoms with van der Waals surface area (Å²) in [7, 11) is 0. The first-order valence-electron chi connectivity index (χ1n) is 11.3. The van der Waals surface area contributed by atoms with E-state index >= 15 is 0 Å². The van der Waals surface area contributed by atoms with E-state index in [0.717, 1.165) is 11.1 Å². The van der Waals surface area contributed by atoms with Crippen LogP contribution in [0.5, 0.6) is 0 Å². The highest BCUT2D eigenvalue weighted by Gasteiger charge is 2.38. The van der Waals surface area contributed by atoms with Gasteiger partial charge in [0.05, 0.1) is 17.7 Å². The fraction of sp³-hybridized carbons (Fsp3) is 0.480. The second-order valence-electron chi connectivity index (χ2n) is 9.00. The summed E-state index contributed by atoms with van der Waals surface area (Å²) >= 11 is 6.01. The topological polar surface area (TPSA) is 58.8 Å². The summed E-state index contributed by atoms with van der Waals surface area (Å²) < 4.78 is 20.7. The molecule has 1 amide bonds. The highest BCUT2D eigenvalue weighted by Crippen LogP contribution is 2.37. The van der Waals surface area contributed by atoms with E-state index in [1.807, 2.05) is 54.0 Å². The van der Waals surface area contributed by atoms with Gasteiger partial charge in [0.25, 0.3) is 0 Å². The van der Waals surface area contributed by atoms with Crippen LogP contribution in [0.2, 0.25) is 5.02 Å². The zero-order chi connectivity index (χ0) is 22.8. The number of nitrogens with zero attached hydrogens (tertiary/aromatic N) is 2. The third-order valence-corrected chi connectivity index (χ3v) is 6.86. The van der Waals surface area contributed by atoms with Gasteiger partial charge in [-0.3, -0.25) is 4.79 Å². The number of hydrogen-bond acceptors (Lipinski definition) is 4. The van der Waals surface area contributed by atoms with Gasteiger partial charge in [-0.15, -0.1) is 0 Å². The van der Waals surface area contributed by atoms with Gasteiger partial charge in [-0.1, -0.05) is 49.7 Å². The number of carbonyl (C=O) groups excluding carboxylic acids is 1. The number of rotatable bonds is 5. The van der Waals surface area contributed by atoms with Crippen molar-refractivity contribution in [1.29, 1.82) is 0 Å². The Morgan fingerprint density at radius 2 is 1.81 bits per heavy atom. The summed E-state index contributed by atoms with van der Waals surface area (Å²) in [5, 5.41) is 0.662. The van der Waals surface area contributed by atoms with Gasteiger partial charge in [0.15, 0.2) is 0 Å². The second kappa shape index (κ2) is 9.77. The van der Waals surface area contributed by atoms with Crippen molar-refractivity contribution in [3.63, 3.8) is 0 Å². The van der Waals surface area contributed by atoms with Crippen molar-refractivity contribution in [3.05, 3.63) is 64.4 Å². The Balaban J connectivity index is 1.45. The van der Waals surface area contributed by atoms with Crippen LogP contribution < -0.4 is 10.6 Å². The van der Waals surface area contributed by atoms with Crippen LogP contribution in [-0.4, -0.2) is 43.6 Å². The molecule has 5 nitrogen and oxygen atoms in total. The molecule has 2 heterocycles. The summed E-state index contributed by atoms with van der Waals surface area (Å²) in [6.45, 7) is 6.89. The van der Waals surface area contributed by atoms with Gasteiger partial charge in [-0.2, -0.15) is 0 Å². The molecule has 0 unspecified atom stereocenters. The van der Waals surface area contributed by atoms with E-state index in [4.69, 9.17) is 22.1 Å². The number of hydrogen-bond donors (Lipinski definition) is 1. The van der Waals surface area contributed by atoms with Crippen LogP contribution >= 0.6 is 11.6 Å². The van der Waals surface area contributed by atoms with Gasteiger partial charge in [0, 0.05) is 43.9 Å². The number of piperazine rings is 1. The molecule has 0 bridgehead atoms. The van der Waals surface area contributed by atoms with Crippen LogP contribution in [0.25, 0.3) is 0 Å². The second-order valence-corrected chi connectivity index (χ2v) is 9.43. The lowest BCUT2D eigenvalue weighted by Gasteiger charge is -2.39. The zero-order valence-electron chi connectivity index (χ0n) is 18.6. The molecule has 3 atom stereocenters. The van der Waals surface area contributed by atoms with Gasteiger partial charge >= 0.3 is 0 Å². The molecule has 0 radical (unpaired) electrons. The molecule has 2 N–H and O–H groups in total. The van der Waals surface area contributed by atoms with Crippen LogP contribution in [0.1, 0.15) is 43.5 Å². The standard InChI is InChI=1S/C25H31ClFN3O2/c1-16(2)22(28)19-4-3-5-21(27)23(19)29-11-13-30(14-12-29)25(31)20-10-15-32-24(20)17-6-8-18(26)9-7-17/h3-9,16,20,22,24H,10-15,28H2,1-2H3/t20-,22-,24+/m0/s1. The molecule has 2 aliphatic rings. The molecule has 2 aromatic carbocycles. The maximum absolute atomic E-state index is 14.8. The number of halogens is 2. The van der Waals surface area contributed by atoms with Crippen molar-refractivity contribution in [1.82, 2.24) is 4.90 Å². The van der Waals surface area contributed by atoms with Gasteiger partial charge in [0.2, 0.25) is 5.91 Å². The molecule has 0 aliphatic carbocycles. The zero-order valence-corrected chi connectivity index (χ0v) is 19.4. The molecule has 7 heteroatoms. The van der Waals surface area contributed by atoms with Crippen LogP contribution in [0.15, 0.2) is 42.5 Å². The maximum atomic E-state index is 14.8. The Morgan fingerprint density at radius 3 is 2.47 bits per heavy atom. The smallest absolute Gasteiger partial charge is 0.228 e. The Bertz CT molecular complexity index is 945. The molecule has 0 aromatic heterocycles. The lowest BCUT2D eigenvalue weighted by Crippen LogP contribution is -2.51. The van der Waals surface area contributed by atoms with Gasteiger partial charge in [-0.05, 0) is 41.7 Å². The highest BCUT2D eigenvalue weighted by molar-refractivity contribution is 6.30. The van der Waals surface area contributed by atoms with Crippen LogP contribution in [0.3, 0.4) is 0 Å². The summed E-state index contributed by atoms with van der Waals surface area (Å²) in [5.74, 6) is -0.160. The van der Waals surface area contributed by atoms with E-state index in [9.17, 15) is 9.18 Å². The van der Waals surface area contributed by atoms with E-state index in [1.54, 1.807) is 6.07 Å². The summed E-state index contributed by atoms with van der Waals surface area (Å²) in [4.78, 5) is 17.2. The molecule has 2 aromatic rings. The largest absolute Gasteiger partial charge is 0.373 e. The SMILES string of the molecule is CC(C)[C@H](N)c1cccc(F)c1N1CCN(C(=O)[C@H]2CCO[C@@H]2c2ccc(Cl)cc2)CC1. The van der Waals surface area contributed by atoms with E-state index in [-0.39, 0.29) is 35.7 Å². The van der Waals surface area contributed by atoms with E-state index in [2.05, 4.69) is 0 Å². The normalized spacial score (nSPS) is 22.4. The Hall–Kier alpha value is -2.15. The van der Waals surface area contributed by atoms with Crippen molar-refractivity contribution in [2.45, 2.75) is 32.4 Å². The Kier molecular flexibility index (Phi) is 7.03. The minimum absolute atomic E-state index is 0.106. The van der Waals surface area contributed by atoms with Crippen molar-refractivity contribution in [2.75, 3.05) is 37.7 Å². The maximum Gasteiger partial charge on any atom is 0.228 e. The van der Waals surface area contributed by atoms with Crippen molar-refractivity contribution in [2.24, 2.45) is 17.6 Å². The molecule has 0 saturated carbocycles. The van der Waals surface area contributed by atoms with Crippen LogP contribution in [0.4, 0.5) is 10.1 Å². The molecule has 172 valence electrons. The molecule has 4 rings (SSSR count). The molecular formula is C25H31ClFN3O2. The highest BCUT2D eigenvalue weighted by atomic mass is 35.5. The molecule has 2 fully saturated rings. The first kappa shape index (κ1) is 23.0. The summed E-state index contributed by atoms with van der Waals surface area (Å²) in [5.41, 5.74) is 8.75. The van der Waals surface area contributed by atoms with Crippen LogP contribution in [-0.2, 0) is 9.53 Å².